The van der Waals surface area contributed by atoms with E-state index in [0.717, 1.165) is 11.1 Å². The summed E-state index contributed by atoms with van der Waals surface area (Å²) in [5, 5.41) is 13.1. The van der Waals surface area contributed by atoms with Gasteiger partial charge in [0.25, 0.3) is 5.91 Å². The van der Waals surface area contributed by atoms with Crippen LogP contribution in [0, 0.1) is 6.92 Å². The van der Waals surface area contributed by atoms with E-state index in [4.69, 9.17) is 26.2 Å². The van der Waals surface area contributed by atoms with Crippen molar-refractivity contribution in [2.45, 2.75) is 26.7 Å². The van der Waals surface area contributed by atoms with Gasteiger partial charge in [-0.3, -0.25) is 4.79 Å². The van der Waals surface area contributed by atoms with Crippen LogP contribution in [0.25, 0.3) is 0 Å². The van der Waals surface area contributed by atoms with Gasteiger partial charge in [0.05, 0.1) is 6.21 Å². The van der Waals surface area contributed by atoms with Crippen molar-refractivity contribution < 1.29 is 24.2 Å². The second-order valence-corrected chi connectivity index (χ2v) is 7.03. The van der Waals surface area contributed by atoms with Crippen molar-refractivity contribution >= 4 is 29.7 Å². The molecule has 2 aromatic carbocycles. The van der Waals surface area contributed by atoms with Crippen LogP contribution >= 0.6 is 11.6 Å². The summed E-state index contributed by atoms with van der Waals surface area (Å²) in [7, 11) is 0. The minimum atomic E-state index is -1.05. The molecule has 2 N–H and O–H groups in total. The number of hydrogen-bond acceptors (Lipinski definition) is 5. The third kappa shape index (κ3) is 7.12. The number of nitrogens with one attached hydrogen (secondary N) is 1. The van der Waals surface area contributed by atoms with Crippen molar-refractivity contribution in [2.24, 2.45) is 5.10 Å². The van der Waals surface area contributed by atoms with Crippen molar-refractivity contribution in [3.63, 3.8) is 0 Å². The van der Waals surface area contributed by atoms with E-state index in [0.29, 0.717) is 22.1 Å². The summed E-state index contributed by atoms with van der Waals surface area (Å²) in [6, 6.07) is 10.3. The summed E-state index contributed by atoms with van der Waals surface area (Å²) in [4.78, 5) is 22.5. The summed E-state index contributed by atoms with van der Waals surface area (Å²) in [6.45, 7) is 5.34. The summed E-state index contributed by atoms with van der Waals surface area (Å²) in [5.41, 5.74) is 4.92. The van der Waals surface area contributed by atoms with Gasteiger partial charge in [0.15, 0.2) is 13.2 Å². The summed E-state index contributed by atoms with van der Waals surface area (Å²) >= 11 is 6.17. The van der Waals surface area contributed by atoms with Crippen molar-refractivity contribution in [3.05, 3.63) is 58.1 Å². The zero-order chi connectivity index (χ0) is 21.4. The smallest absolute Gasteiger partial charge is 0.341 e. The van der Waals surface area contributed by atoms with E-state index in [1.807, 2.05) is 32.9 Å². The lowest BCUT2D eigenvalue weighted by molar-refractivity contribution is -0.139. The van der Waals surface area contributed by atoms with Crippen LogP contribution in [0.5, 0.6) is 11.5 Å². The second kappa shape index (κ2) is 10.5. The van der Waals surface area contributed by atoms with Gasteiger partial charge in [0, 0.05) is 5.02 Å². The number of carboxylic acids is 1. The molecule has 0 fully saturated rings. The molecule has 0 unspecified atom stereocenters. The van der Waals surface area contributed by atoms with Crippen LogP contribution in [-0.4, -0.2) is 36.4 Å². The Kier molecular flexibility index (Phi) is 8.03. The van der Waals surface area contributed by atoms with E-state index in [1.165, 1.54) is 6.21 Å². The average Bonchev–Trinajstić information content (AvgIpc) is 2.67. The lowest BCUT2D eigenvalue weighted by atomic mass is 10.0. The predicted octanol–water partition coefficient (Wildman–Crippen LogP) is 3.76. The number of hydrazone groups is 1. The number of carboxylic acid groups (broad SMARTS) is 1. The van der Waals surface area contributed by atoms with E-state index in [2.05, 4.69) is 10.5 Å². The number of nitrogens with zero attached hydrogens (tertiary/aromatic N) is 1. The molecule has 0 saturated carbocycles. The highest BCUT2D eigenvalue weighted by Gasteiger charge is 2.12. The zero-order valence-corrected chi connectivity index (χ0v) is 17.2. The van der Waals surface area contributed by atoms with Crippen LogP contribution < -0.4 is 14.9 Å². The summed E-state index contributed by atoms with van der Waals surface area (Å²) in [6.07, 6.45) is 1.46. The summed E-state index contributed by atoms with van der Waals surface area (Å²) < 4.78 is 10.7. The van der Waals surface area contributed by atoms with Crippen LogP contribution in [0.1, 0.15) is 36.5 Å². The number of aryl methyl sites for hydroxylation is 1. The number of ether oxygens (including phenoxy) is 2. The molecule has 7 nitrogen and oxygen atoms in total. The molecule has 2 aromatic rings. The number of hydrogen-bond donors (Lipinski definition) is 2. The Morgan fingerprint density at radius 2 is 1.86 bits per heavy atom. The third-order valence-electron chi connectivity index (χ3n) is 3.92. The van der Waals surface area contributed by atoms with Gasteiger partial charge < -0.3 is 14.6 Å². The molecule has 1 amide bonds. The van der Waals surface area contributed by atoms with Crippen LogP contribution in [0.2, 0.25) is 5.02 Å². The van der Waals surface area contributed by atoms with E-state index in [1.54, 1.807) is 24.3 Å². The van der Waals surface area contributed by atoms with Crippen LogP contribution in [-0.2, 0) is 9.59 Å². The average molecular weight is 419 g/mol. The molecular formula is C21H23ClN2O5. The Labute approximate surface area is 174 Å². The van der Waals surface area contributed by atoms with Gasteiger partial charge in [-0.25, -0.2) is 10.2 Å². The Bertz CT molecular complexity index is 895. The first-order valence-electron chi connectivity index (χ1n) is 8.95. The first kappa shape index (κ1) is 22.2. The van der Waals surface area contributed by atoms with E-state index in [-0.39, 0.29) is 12.5 Å². The van der Waals surface area contributed by atoms with Crippen LogP contribution in [0.15, 0.2) is 41.5 Å². The van der Waals surface area contributed by atoms with Gasteiger partial charge in [-0.15, -0.1) is 0 Å². The van der Waals surface area contributed by atoms with Crippen molar-refractivity contribution in [1.82, 2.24) is 5.43 Å². The molecule has 0 aliphatic carbocycles. The monoisotopic (exact) mass is 418 g/mol. The highest BCUT2D eigenvalue weighted by atomic mass is 35.5. The molecule has 154 valence electrons. The van der Waals surface area contributed by atoms with Crippen molar-refractivity contribution in [3.8, 4) is 11.5 Å². The Morgan fingerprint density at radius 3 is 2.48 bits per heavy atom. The van der Waals surface area contributed by atoms with E-state index < -0.39 is 18.5 Å². The number of benzene rings is 2. The Balaban J connectivity index is 1.87. The molecule has 0 radical (unpaired) electrons. The number of carbonyl (C=O) groups is 2. The topological polar surface area (TPSA) is 97.2 Å². The molecule has 0 aliphatic heterocycles. The maximum absolute atomic E-state index is 12.0. The van der Waals surface area contributed by atoms with Gasteiger partial charge in [-0.05, 0) is 65.9 Å². The summed E-state index contributed by atoms with van der Waals surface area (Å²) in [5.74, 6) is -0.189. The maximum Gasteiger partial charge on any atom is 0.341 e. The SMILES string of the molecule is Cc1cc(OCC(=O)N/N=C\c2ccc(OCC(=O)O)cc2)c(C(C)C)cc1Cl. The fourth-order valence-electron chi connectivity index (χ4n) is 2.40. The standard InChI is InChI=1S/C21H23ClN2O5/c1-13(2)17-9-18(22)14(3)8-19(17)29-11-20(25)24-23-10-15-4-6-16(7-5-15)28-12-21(26)27/h4-10,13H,11-12H2,1-3H3,(H,24,25)(H,26,27)/b23-10-. The lowest BCUT2D eigenvalue weighted by Gasteiger charge is -2.15. The quantitative estimate of drug-likeness (QED) is 0.477. The molecule has 0 spiro atoms. The molecule has 0 atom stereocenters. The minimum Gasteiger partial charge on any atom is -0.483 e. The lowest BCUT2D eigenvalue weighted by Crippen LogP contribution is -2.25. The largest absolute Gasteiger partial charge is 0.483 e. The van der Waals surface area contributed by atoms with Crippen LogP contribution in [0.4, 0.5) is 0 Å². The van der Waals surface area contributed by atoms with E-state index >= 15 is 0 Å². The van der Waals surface area contributed by atoms with Gasteiger partial charge in [0.1, 0.15) is 11.5 Å². The molecule has 0 bridgehead atoms. The maximum atomic E-state index is 12.0. The molecule has 8 heteroatoms. The van der Waals surface area contributed by atoms with E-state index in [9.17, 15) is 9.59 Å². The first-order chi connectivity index (χ1) is 13.8. The molecule has 0 aromatic heterocycles. The molecule has 0 aliphatic rings. The molecule has 29 heavy (non-hydrogen) atoms. The Hall–Kier alpha value is -3.06. The third-order valence-corrected chi connectivity index (χ3v) is 4.32. The molecular weight excluding hydrogens is 396 g/mol. The predicted molar refractivity (Wildman–Crippen MR) is 111 cm³/mol. The number of carbonyl (C=O) groups excluding carboxylic acids is 1. The van der Waals surface area contributed by atoms with Gasteiger partial charge in [0.2, 0.25) is 0 Å². The van der Waals surface area contributed by atoms with Crippen molar-refractivity contribution in [1.29, 1.82) is 0 Å². The number of aliphatic carboxylic acids is 1. The Morgan fingerprint density at radius 1 is 1.17 bits per heavy atom. The number of halogens is 1. The fourth-order valence-corrected chi connectivity index (χ4v) is 2.57. The molecule has 0 saturated heterocycles. The molecule has 0 heterocycles. The minimum absolute atomic E-state index is 0.180. The number of rotatable bonds is 9. The molecule has 2 rings (SSSR count). The second-order valence-electron chi connectivity index (χ2n) is 6.63. The van der Waals surface area contributed by atoms with Gasteiger partial charge in [-0.1, -0.05) is 25.4 Å². The normalized spacial score (nSPS) is 10.9. The highest BCUT2D eigenvalue weighted by Crippen LogP contribution is 2.31. The fraction of sp³-hybridized carbons (Fsp3) is 0.286. The van der Waals surface area contributed by atoms with Crippen molar-refractivity contribution in [2.75, 3.05) is 13.2 Å². The highest BCUT2D eigenvalue weighted by molar-refractivity contribution is 6.31. The number of amides is 1. The first-order valence-corrected chi connectivity index (χ1v) is 9.33. The van der Waals surface area contributed by atoms with Gasteiger partial charge >= 0.3 is 5.97 Å². The zero-order valence-electron chi connectivity index (χ0n) is 16.4. The van der Waals surface area contributed by atoms with Crippen LogP contribution in [0.3, 0.4) is 0 Å². The van der Waals surface area contributed by atoms with Gasteiger partial charge in [-0.2, -0.15) is 5.10 Å².